The molecule has 0 unspecified atom stereocenters. The summed E-state index contributed by atoms with van der Waals surface area (Å²) < 4.78 is 4.28. The van der Waals surface area contributed by atoms with E-state index in [4.69, 9.17) is 5.73 Å². The van der Waals surface area contributed by atoms with Crippen molar-refractivity contribution in [3.05, 3.63) is 10.9 Å². The third-order valence-electron chi connectivity index (χ3n) is 1.55. The van der Waals surface area contributed by atoms with Gasteiger partial charge >= 0.3 is 0 Å². The zero-order valence-electron chi connectivity index (χ0n) is 7.73. The molecule has 0 spiro atoms. The van der Waals surface area contributed by atoms with E-state index in [9.17, 15) is 10.0 Å². The quantitative estimate of drug-likeness (QED) is 0.434. The minimum atomic E-state index is -0.819. The molecule has 14 heavy (non-hydrogen) atoms. The van der Waals surface area contributed by atoms with Gasteiger partial charge < -0.3 is 10.9 Å². The zero-order valence-corrected chi connectivity index (χ0v) is 8.54. The van der Waals surface area contributed by atoms with Crippen molar-refractivity contribution < 1.29 is 14.3 Å². The van der Waals surface area contributed by atoms with Crippen molar-refractivity contribution in [3.63, 3.8) is 0 Å². The molecule has 0 aliphatic rings. The molecule has 0 saturated carbocycles. The van der Waals surface area contributed by atoms with Gasteiger partial charge in [0.2, 0.25) is 0 Å². The lowest BCUT2D eigenvalue weighted by molar-refractivity contribution is -0.803. The zero-order chi connectivity index (χ0) is 10.6. The number of thioether (sulfide) groups is 1. The summed E-state index contributed by atoms with van der Waals surface area (Å²) in [6.45, 7) is 2.05. The van der Waals surface area contributed by atoms with Gasteiger partial charge in [-0.2, -0.15) is 0 Å². The number of rotatable bonds is 5. The number of carbonyl (C=O) groups is 1. The normalized spacial score (nSPS) is 10.4. The van der Waals surface area contributed by atoms with E-state index in [2.05, 4.69) is 9.79 Å². The molecule has 1 rings (SSSR count). The van der Waals surface area contributed by atoms with Gasteiger partial charge in [0.05, 0.1) is 5.16 Å². The second kappa shape index (κ2) is 4.85. The topological polar surface area (TPSA) is 96.1 Å². The van der Waals surface area contributed by atoms with Crippen LogP contribution in [0.4, 0.5) is 0 Å². The lowest BCUT2D eigenvalue weighted by Crippen LogP contribution is -2.34. The second-order valence-corrected chi connectivity index (χ2v) is 3.73. The summed E-state index contributed by atoms with van der Waals surface area (Å²) in [7, 11) is 0. The Bertz CT molecular complexity index is 326. The fourth-order valence-corrected chi connectivity index (χ4v) is 1.86. The van der Waals surface area contributed by atoms with Crippen molar-refractivity contribution in [2.75, 3.05) is 5.75 Å². The Morgan fingerprint density at radius 3 is 3.07 bits per heavy atom. The van der Waals surface area contributed by atoms with Crippen LogP contribution in [0.25, 0.3) is 0 Å². The smallest absolute Gasteiger partial charge is 0.298 e. The maximum atomic E-state index is 10.9. The molecule has 0 radical (unpaired) electrons. The lowest BCUT2D eigenvalue weighted by Gasteiger charge is -1.93. The van der Waals surface area contributed by atoms with Gasteiger partial charge in [0.15, 0.2) is 0 Å². The van der Waals surface area contributed by atoms with Crippen LogP contribution in [0.15, 0.2) is 9.65 Å². The number of carbonyl (C=O) groups excluding carboxylic acids is 1. The van der Waals surface area contributed by atoms with Gasteiger partial charge in [-0.15, -0.1) is 0 Å². The van der Waals surface area contributed by atoms with E-state index in [0.29, 0.717) is 0 Å². The Hall–Kier alpha value is -1.24. The van der Waals surface area contributed by atoms with E-state index in [1.165, 1.54) is 11.8 Å². The van der Waals surface area contributed by atoms with E-state index < -0.39 is 5.91 Å². The van der Waals surface area contributed by atoms with Crippen LogP contribution < -0.4 is 10.6 Å². The van der Waals surface area contributed by atoms with Crippen molar-refractivity contribution >= 4 is 17.7 Å². The van der Waals surface area contributed by atoms with Crippen molar-refractivity contribution in [2.24, 2.45) is 5.73 Å². The number of hydrogen-bond acceptors (Lipinski definition) is 5. The maximum absolute atomic E-state index is 10.9. The molecule has 78 valence electrons. The SMILES string of the molecule is CCCCSc1no[n+]([O-])c1C(N)=O. The van der Waals surface area contributed by atoms with Crippen LogP contribution in [-0.2, 0) is 0 Å². The van der Waals surface area contributed by atoms with E-state index in [0.717, 1.165) is 18.6 Å². The average molecular weight is 217 g/mol. The number of unbranched alkanes of at least 4 members (excludes halogenated alkanes) is 1. The Morgan fingerprint density at radius 2 is 2.50 bits per heavy atom. The number of nitrogens with two attached hydrogens (primary N) is 1. The molecule has 0 aliphatic carbocycles. The first kappa shape index (κ1) is 10.8. The molecule has 0 bridgehead atoms. The van der Waals surface area contributed by atoms with E-state index in [-0.39, 0.29) is 15.6 Å². The molecule has 0 saturated heterocycles. The van der Waals surface area contributed by atoms with Crippen molar-refractivity contribution in [1.29, 1.82) is 0 Å². The highest BCUT2D eigenvalue weighted by molar-refractivity contribution is 7.99. The summed E-state index contributed by atoms with van der Waals surface area (Å²) >= 11 is 1.29. The Morgan fingerprint density at radius 1 is 1.79 bits per heavy atom. The van der Waals surface area contributed by atoms with Crippen LogP contribution in [0.3, 0.4) is 0 Å². The van der Waals surface area contributed by atoms with Crippen LogP contribution in [0.1, 0.15) is 30.3 Å². The first-order valence-electron chi connectivity index (χ1n) is 4.19. The van der Waals surface area contributed by atoms with Gasteiger partial charge in [-0.25, -0.2) is 0 Å². The van der Waals surface area contributed by atoms with E-state index in [1.807, 2.05) is 6.92 Å². The predicted molar refractivity (Wildman–Crippen MR) is 49.6 cm³/mol. The molecule has 1 heterocycles. The Labute approximate surface area is 85.0 Å². The molecule has 1 aromatic rings. The monoisotopic (exact) mass is 217 g/mol. The summed E-state index contributed by atoms with van der Waals surface area (Å²) in [6.07, 6.45) is 2.02. The first-order valence-corrected chi connectivity index (χ1v) is 5.17. The molecule has 7 heteroatoms. The molecular formula is C7H11N3O3S. The van der Waals surface area contributed by atoms with Gasteiger partial charge in [0, 0.05) is 5.75 Å². The third-order valence-corrected chi connectivity index (χ3v) is 2.59. The number of primary amides is 1. The Balaban J connectivity index is 2.71. The average Bonchev–Trinajstić information content (AvgIpc) is 2.47. The minimum Gasteiger partial charge on any atom is -0.362 e. The molecule has 6 nitrogen and oxygen atoms in total. The standard InChI is InChI=1S/C7H11N3O3S/c1-2-3-4-14-7-5(6(8)11)10(12)13-9-7/h2-4H2,1H3,(H2,8,11). The fraction of sp³-hybridized carbons (Fsp3) is 0.571. The van der Waals surface area contributed by atoms with Crippen LogP contribution in [-0.4, -0.2) is 16.8 Å². The number of amides is 1. The molecule has 1 aromatic heterocycles. The molecule has 0 aromatic carbocycles. The predicted octanol–water partition coefficient (Wildman–Crippen LogP) is 0.299. The summed E-state index contributed by atoms with van der Waals surface area (Å²) in [5.41, 5.74) is 4.77. The van der Waals surface area contributed by atoms with Gasteiger partial charge in [-0.1, -0.05) is 25.1 Å². The molecule has 2 N–H and O–H groups in total. The summed E-state index contributed by atoms with van der Waals surface area (Å²) in [4.78, 5) is 10.9. The Kier molecular flexibility index (Phi) is 3.75. The first-order chi connectivity index (χ1) is 6.66. The molecule has 0 atom stereocenters. The largest absolute Gasteiger partial charge is 0.362 e. The van der Waals surface area contributed by atoms with Gasteiger partial charge in [-0.3, -0.25) is 9.42 Å². The second-order valence-electron chi connectivity index (χ2n) is 2.65. The highest BCUT2D eigenvalue weighted by atomic mass is 32.2. The van der Waals surface area contributed by atoms with Crippen molar-refractivity contribution in [1.82, 2.24) is 5.16 Å². The van der Waals surface area contributed by atoms with Crippen LogP contribution in [0, 0.1) is 5.21 Å². The van der Waals surface area contributed by atoms with Gasteiger partial charge in [0.1, 0.15) is 0 Å². The third kappa shape index (κ3) is 2.38. The minimum absolute atomic E-state index is 0.0383. The van der Waals surface area contributed by atoms with E-state index >= 15 is 0 Å². The molecule has 0 fully saturated rings. The van der Waals surface area contributed by atoms with Crippen LogP contribution in [0.5, 0.6) is 0 Å². The number of nitrogens with zero attached hydrogens (tertiary/aromatic N) is 2. The summed E-state index contributed by atoms with van der Waals surface area (Å²) in [5, 5.41) is 14.6. The van der Waals surface area contributed by atoms with Crippen LogP contribution in [0.2, 0.25) is 0 Å². The van der Waals surface area contributed by atoms with E-state index in [1.54, 1.807) is 0 Å². The molecule has 1 amide bonds. The number of aromatic nitrogens is 2. The maximum Gasteiger partial charge on any atom is 0.298 e. The fourth-order valence-electron chi connectivity index (χ4n) is 0.840. The van der Waals surface area contributed by atoms with Crippen molar-refractivity contribution in [3.8, 4) is 0 Å². The summed E-state index contributed by atoms with van der Waals surface area (Å²) in [6, 6.07) is 0. The molecular weight excluding hydrogens is 206 g/mol. The lowest BCUT2D eigenvalue weighted by atomic mass is 10.4. The summed E-state index contributed by atoms with van der Waals surface area (Å²) in [5.74, 6) is -0.0381. The van der Waals surface area contributed by atoms with Gasteiger partial charge in [-0.05, 0) is 11.3 Å². The van der Waals surface area contributed by atoms with Crippen LogP contribution >= 0.6 is 11.8 Å². The molecule has 0 aliphatic heterocycles. The highest BCUT2D eigenvalue weighted by Gasteiger charge is 2.24. The van der Waals surface area contributed by atoms with Gasteiger partial charge in [0.25, 0.3) is 16.6 Å². The highest BCUT2D eigenvalue weighted by Crippen LogP contribution is 2.18. The number of hydrogen-bond donors (Lipinski definition) is 1. The van der Waals surface area contributed by atoms with Crippen molar-refractivity contribution in [2.45, 2.75) is 24.8 Å².